The summed E-state index contributed by atoms with van der Waals surface area (Å²) in [7, 11) is 0. The number of hydrazine groups is 1. The van der Waals surface area contributed by atoms with Crippen molar-refractivity contribution in [2.75, 3.05) is 26.3 Å². The number of ether oxygens (including phenoxy) is 1. The lowest BCUT2D eigenvalue weighted by atomic mass is 9.85. The summed E-state index contributed by atoms with van der Waals surface area (Å²) in [5, 5.41) is 16.9. The lowest BCUT2D eigenvalue weighted by Gasteiger charge is -2.37. The van der Waals surface area contributed by atoms with Crippen LogP contribution in [0.5, 0.6) is 0 Å². The van der Waals surface area contributed by atoms with Crippen molar-refractivity contribution in [2.45, 2.75) is 90.2 Å². The zero-order valence-electron chi connectivity index (χ0n) is 27.0. The van der Waals surface area contributed by atoms with Gasteiger partial charge in [0, 0.05) is 26.1 Å². The third-order valence-electron chi connectivity index (χ3n) is 8.38. The summed E-state index contributed by atoms with van der Waals surface area (Å²) in [5.41, 5.74) is 1.33. The van der Waals surface area contributed by atoms with E-state index >= 15 is 0 Å². The van der Waals surface area contributed by atoms with Crippen LogP contribution in [-0.4, -0.2) is 93.8 Å². The third-order valence-corrected chi connectivity index (χ3v) is 9.35. The van der Waals surface area contributed by atoms with Crippen LogP contribution in [0, 0.1) is 12.3 Å². The van der Waals surface area contributed by atoms with Crippen molar-refractivity contribution in [3.63, 3.8) is 0 Å². The third kappa shape index (κ3) is 8.27. The summed E-state index contributed by atoms with van der Waals surface area (Å²) in [6.45, 7) is 9.88. The van der Waals surface area contributed by atoms with Gasteiger partial charge in [-0.15, -0.1) is 11.3 Å². The summed E-state index contributed by atoms with van der Waals surface area (Å²) in [6, 6.07) is 4.09. The molecule has 0 bridgehead atoms. The fourth-order valence-corrected chi connectivity index (χ4v) is 6.31. The number of amides is 4. The number of thiazole rings is 1. The standard InChI is InChI=1S/C32H45FN6O6S/c1-6-45-14-13-35-25(41)16-23(20-7-9-21(10-8-20)26-19(2)36-18-46-26)39(34)28(42)24-15-22(40)17-38(24)29(43)27(31(3,4)5)37-30(44)32(33)11-12-32/h7-10,18,22-24,27,40H,6,11-17,34H2,1-5H3,(H,35,41)(H,37,44)/t22-,23-,24?,27-/m1/s1. The van der Waals surface area contributed by atoms with Crippen LogP contribution in [0.3, 0.4) is 0 Å². The van der Waals surface area contributed by atoms with Gasteiger partial charge in [-0.1, -0.05) is 45.0 Å². The minimum absolute atomic E-state index is 0.0843. The van der Waals surface area contributed by atoms with Crippen molar-refractivity contribution < 1.29 is 33.4 Å². The number of hydrogen-bond donors (Lipinski definition) is 4. The van der Waals surface area contributed by atoms with Gasteiger partial charge in [-0.3, -0.25) is 24.2 Å². The molecule has 46 heavy (non-hydrogen) atoms. The molecule has 4 rings (SSSR count). The maximum atomic E-state index is 14.6. The molecule has 14 heteroatoms. The quantitative estimate of drug-likeness (QED) is 0.110. The number of aryl methyl sites for hydroxylation is 1. The Hall–Kier alpha value is -3.46. The molecular weight excluding hydrogens is 615 g/mol. The topological polar surface area (TPSA) is 167 Å². The van der Waals surface area contributed by atoms with Gasteiger partial charge in [0.25, 0.3) is 11.8 Å². The minimum atomic E-state index is -2.00. The highest BCUT2D eigenvalue weighted by atomic mass is 32.1. The maximum absolute atomic E-state index is 14.6. The van der Waals surface area contributed by atoms with Crippen molar-refractivity contribution in [1.82, 2.24) is 25.5 Å². The number of alkyl halides is 1. The number of nitrogens with one attached hydrogen (secondary N) is 2. The molecular formula is C32H45FN6O6S. The van der Waals surface area contributed by atoms with Crippen molar-refractivity contribution in [1.29, 1.82) is 0 Å². The van der Waals surface area contributed by atoms with Gasteiger partial charge in [-0.25, -0.2) is 15.2 Å². The first-order valence-electron chi connectivity index (χ1n) is 15.6. The van der Waals surface area contributed by atoms with Crippen LogP contribution in [0.2, 0.25) is 0 Å². The minimum Gasteiger partial charge on any atom is -0.391 e. The van der Waals surface area contributed by atoms with Gasteiger partial charge in [0.15, 0.2) is 5.67 Å². The van der Waals surface area contributed by atoms with E-state index in [4.69, 9.17) is 10.6 Å². The van der Waals surface area contributed by atoms with Gasteiger partial charge >= 0.3 is 0 Å². The Morgan fingerprint density at radius 3 is 2.48 bits per heavy atom. The van der Waals surface area contributed by atoms with Gasteiger partial charge in [0.1, 0.15) is 12.1 Å². The first-order chi connectivity index (χ1) is 21.7. The Morgan fingerprint density at radius 1 is 1.24 bits per heavy atom. The number of rotatable bonds is 13. The second-order valence-corrected chi connectivity index (χ2v) is 13.9. The van der Waals surface area contributed by atoms with Gasteiger partial charge < -0.3 is 25.4 Å². The second-order valence-electron chi connectivity index (χ2n) is 13.0. The number of hydrogen-bond acceptors (Lipinski definition) is 9. The molecule has 1 aliphatic heterocycles. The molecule has 2 heterocycles. The number of nitrogens with two attached hydrogens (primary N) is 1. The number of nitrogens with zero attached hydrogens (tertiary/aromatic N) is 3. The summed E-state index contributed by atoms with van der Waals surface area (Å²) in [5.74, 6) is 3.98. The SMILES string of the molecule is CCOCCNC(=O)C[C@H](c1ccc(-c2scnc2C)cc1)N(N)C(=O)C1C[C@@H](O)CN1C(=O)[C@@H](NC(=O)C1(F)CC1)C(C)(C)C. The zero-order chi connectivity index (χ0) is 33.8. The van der Waals surface area contributed by atoms with Gasteiger partial charge in [-0.2, -0.15) is 0 Å². The average Bonchev–Trinajstić information content (AvgIpc) is 3.42. The van der Waals surface area contributed by atoms with Crippen molar-refractivity contribution >= 4 is 35.0 Å². The molecule has 0 spiro atoms. The molecule has 1 aromatic carbocycles. The Kier molecular flexibility index (Phi) is 11.2. The molecule has 12 nitrogen and oxygen atoms in total. The molecule has 1 unspecified atom stereocenters. The number of likely N-dealkylation sites (tertiary alicyclic amines) is 1. The normalized spacial score (nSPS) is 20.1. The summed E-state index contributed by atoms with van der Waals surface area (Å²) in [4.78, 5) is 60.1. The lowest BCUT2D eigenvalue weighted by Crippen LogP contribution is -2.60. The van der Waals surface area contributed by atoms with Crippen molar-refractivity contribution in [2.24, 2.45) is 11.3 Å². The first kappa shape index (κ1) is 35.4. The fourth-order valence-electron chi connectivity index (χ4n) is 5.50. The number of aromatic nitrogens is 1. The van der Waals surface area contributed by atoms with Crippen LogP contribution >= 0.6 is 11.3 Å². The summed E-state index contributed by atoms with van der Waals surface area (Å²) >= 11 is 1.50. The zero-order valence-corrected chi connectivity index (χ0v) is 27.9. The number of halogens is 1. The first-order valence-corrected chi connectivity index (χ1v) is 16.4. The molecule has 1 saturated carbocycles. The number of benzene rings is 1. The summed E-state index contributed by atoms with van der Waals surface area (Å²) in [6.07, 6.45) is -1.12. The number of aliphatic hydroxyl groups is 1. The molecule has 2 aromatic rings. The highest BCUT2D eigenvalue weighted by Gasteiger charge is 2.53. The second kappa shape index (κ2) is 14.5. The van der Waals surface area contributed by atoms with E-state index in [-0.39, 0.29) is 44.7 Å². The largest absolute Gasteiger partial charge is 0.391 e. The predicted octanol–water partition coefficient (Wildman–Crippen LogP) is 2.40. The molecule has 4 atom stereocenters. The fraction of sp³-hybridized carbons (Fsp3) is 0.594. The molecule has 1 aliphatic carbocycles. The molecule has 252 valence electrons. The van der Waals surface area contributed by atoms with Crippen LogP contribution in [0.25, 0.3) is 10.4 Å². The van der Waals surface area contributed by atoms with Gasteiger partial charge in [0.2, 0.25) is 11.8 Å². The smallest absolute Gasteiger partial charge is 0.259 e. The monoisotopic (exact) mass is 660 g/mol. The van der Waals surface area contributed by atoms with E-state index in [0.29, 0.717) is 18.8 Å². The van der Waals surface area contributed by atoms with E-state index in [1.54, 1.807) is 38.4 Å². The molecule has 1 saturated heterocycles. The van der Waals surface area contributed by atoms with Gasteiger partial charge in [0.05, 0.1) is 41.3 Å². The average molecular weight is 661 g/mol. The number of carbonyl (C=O) groups excluding carboxylic acids is 4. The van der Waals surface area contributed by atoms with Crippen LogP contribution in [0.4, 0.5) is 4.39 Å². The maximum Gasteiger partial charge on any atom is 0.259 e. The van der Waals surface area contributed by atoms with Gasteiger partial charge in [-0.05, 0) is 43.2 Å². The van der Waals surface area contributed by atoms with E-state index in [0.717, 1.165) is 21.1 Å². The lowest BCUT2D eigenvalue weighted by molar-refractivity contribution is -0.149. The molecule has 0 radical (unpaired) electrons. The van der Waals surface area contributed by atoms with Crippen LogP contribution in [-0.2, 0) is 23.9 Å². The van der Waals surface area contributed by atoms with E-state index in [1.807, 2.05) is 26.0 Å². The van der Waals surface area contributed by atoms with Crippen LogP contribution in [0.1, 0.15) is 70.7 Å². The Balaban J connectivity index is 1.58. The van der Waals surface area contributed by atoms with Crippen molar-refractivity contribution in [3.8, 4) is 10.4 Å². The predicted molar refractivity (Wildman–Crippen MR) is 171 cm³/mol. The Morgan fingerprint density at radius 2 is 1.91 bits per heavy atom. The van der Waals surface area contributed by atoms with Crippen molar-refractivity contribution in [3.05, 3.63) is 41.0 Å². The number of aliphatic hydroxyl groups excluding tert-OH is 1. The van der Waals surface area contributed by atoms with Crippen LogP contribution in [0.15, 0.2) is 29.8 Å². The molecule has 4 amide bonds. The van der Waals surface area contributed by atoms with Crippen LogP contribution < -0.4 is 16.5 Å². The van der Waals surface area contributed by atoms with E-state index in [9.17, 15) is 28.7 Å². The number of carbonyl (C=O) groups is 4. The molecule has 2 fully saturated rings. The summed E-state index contributed by atoms with van der Waals surface area (Å²) < 4.78 is 19.9. The van der Waals surface area contributed by atoms with E-state index in [2.05, 4.69) is 15.6 Å². The molecule has 1 aromatic heterocycles. The number of β-amino-alcohol motifs (C(OH)–C–C–N with tert-alkyl or cyclic N) is 1. The highest BCUT2D eigenvalue weighted by molar-refractivity contribution is 7.13. The Labute approximate surface area is 272 Å². The molecule has 5 N–H and O–H groups in total. The van der Waals surface area contributed by atoms with E-state index in [1.165, 1.54) is 16.2 Å². The Bertz CT molecular complexity index is 1410. The van der Waals surface area contributed by atoms with E-state index < -0.39 is 53.0 Å². The highest BCUT2D eigenvalue weighted by Crippen LogP contribution is 2.40. The molecule has 2 aliphatic rings.